The Morgan fingerprint density at radius 3 is 2.43 bits per heavy atom. The van der Waals surface area contributed by atoms with Gasteiger partial charge < -0.3 is 15.0 Å². The molecule has 28 heavy (non-hydrogen) atoms. The predicted octanol–water partition coefficient (Wildman–Crippen LogP) is 4.02. The molecule has 0 radical (unpaired) electrons. The van der Waals surface area contributed by atoms with E-state index in [0.29, 0.717) is 24.8 Å². The molecule has 0 spiro atoms. The SMILES string of the molecule is CC(C)CNC(=O)[C@@H](C)N(Cc1cccc(Br)c1)C(=O)COc1ccccc1. The van der Waals surface area contributed by atoms with Gasteiger partial charge in [-0.2, -0.15) is 0 Å². The van der Waals surface area contributed by atoms with E-state index in [0.717, 1.165) is 10.0 Å². The predicted molar refractivity (Wildman–Crippen MR) is 114 cm³/mol. The van der Waals surface area contributed by atoms with Gasteiger partial charge in [-0.1, -0.05) is 60.1 Å². The Kier molecular flexibility index (Phi) is 8.51. The van der Waals surface area contributed by atoms with Crippen molar-refractivity contribution in [2.45, 2.75) is 33.4 Å². The van der Waals surface area contributed by atoms with Crippen molar-refractivity contribution in [3.05, 3.63) is 64.6 Å². The molecule has 5 nitrogen and oxygen atoms in total. The van der Waals surface area contributed by atoms with Crippen LogP contribution in [0.1, 0.15) is 26.3 Å². The standard InChI is InChI=1S/C22H27BrN2O3/c1-16(2)13-24-22(27)17(3)25(14-18-8-7-9-19(23)12-18)21(26)15-28-20-10-5-4-6-11-20/h4-12,16-17H,13-15H2,1-3H3,(H,24,27)/t17-/m1/s1. The zero-order valence-corrected chi connectivity index (χ0v) is 18.1. The van der Waals surface area contributed by atoms with Crippen molar-refractivity contribution in [1.29, 1.82) is 0 Å². The molecule has 6 heteroatoms. The van der Waals surface area contributed by atoms with Crippen molar-refractivity contribution in [3.63, 3.8) is 0 Å². The molecular weight excluding hydrogens is 420 g/mol. The van der Waals surface area contributed by atoms with Gasteiger partial charge in [0.05, 0.1) is 0 Å². The average Bonchev–Trinajstić information content (AvgIpc) is 2.68. The van der Waals surface area contributed by atoms with Gasteiger partial charge in [-0.25, -0.2) is 0 Å². The first kappa shape index (κ1) is 22.0. The third-order valence-electron chi connectivity index (χ3n) is 4.20. The molecule has 1 atom stereocenters. The Bertz CT molecular complexity index is 780. The maximum Gasteiger partial charge on any atom is 0.261 e. The van der Waals surface area contributed by atoms with Crippen molar-refractivity contribution in [1.82, 2.24) is 10.2 Å². The van der Waals surface area contributed by atoms with Gasteiger partial charge in [0.1, 0.15) is 11.8 Å². The van der Waals surface area contributed by atoms with E-state index >= 15 is 0 Å². The Morgan fingerprint density at radius 1 is 1.07 bits per heavy atom. The maximum absolute atomic E-state index is 12.9. The van der Waals surface area contributed by atoms with Crippen molar-refractivity contribution >= 4 is 27.7 Å². The summed E-state index contributed by atoms with van der Waals surface area (Å²) in [6, 6.07) is 16.3. The average molecular weight is 447 g/mol. The Labute approximate surface area is 175 Å². The van der Waals surface area contributed by atoms with Gasteiger partial charge in [0, 0.05) is 17.6 Å². The van der Waals surface area contributed by atoms with Gasteiger partial charge in [-0.3, -0.25) is 9.59 Å². The van der Waals surface area contributed by atoms with E-state index in [2.05, 4.69) is 21.2 Å². The summed E-state index contributed by atoms with van der Waals surface area (Å²) in [5, 5.41) is 2.91. The molecule has 2 aromatic rings. The van der Waals surface area contributed by atoms with Gasteiger partial charge in [0.15, 0.2) is 6.61 Å². The second-order valence-electron chi connectivity index (χ2n) is 7.07. The Hall–Kier alpha value is -2.34. The van der Waals surface area contributed by atoms with E-state index in [4.69, 9.17) is 4.74 Å². The highest BCUT2D eigenvalue weighted by Crippen LogP contribution is 2.16. The van der Waals surface area contributed by atoms with Gasteiger partial charge >= 0.3 is 0 Å². The van der Waals surface area contributed by atoms with Crippen molar-refractivity contribution in [2.75, 3.05) is 13.2 Å². The van der Waals surface area contributed by atoms with Crippen LogP contribution in [0.3, 0.4) is 0 Å². The minimum Gasteiger partial charge on any atom is -0.484 e. The lowest BCUT2D eigenvalue weighted by molar-refractivity contribution is -0.142. The fourth-order valence-electron chi connectivity index (χ4n) is 2.61. The van der Waals surface area contributed by atoms with Crippen molar-refractivity contribution < 1.29 is 14.3 Å². The number of amides is 2. The van der Waals surface area contributed by atoms with Crippen LogP contribution in [0.15, 0.2) is 59.1 Å². The van der Waals surface area contributed by atoms with E-state index in [1.54, 1.807) is 24.0 Å². The number of rotatable bonds is 9. The smallest absolute Gasteiger partial charge is 0.261 e. The molecule has 150 valence electrons. The van der Waals surface area contributed by atoms with Gasteiger partial charge in [-0.05, 0) is 42.7 Å². The zero-order valence-electron chi connectivity index (χ0n) is 16.5. The zero-order chi connectivity index (χ0) is 20.5. The van der Waals surface area contributed by atoms with Crippen LogP contribution in [0.2, 0.25) is 0 Å². The van der Waals surface area contributed by atoms with Gasteiger partial charge in [0.2, 0.25) is 5.91 Å². The second kappa shape index (κ2) is 10.9. The van der Waals surface area contributed by atoms with Crippen LogP contribution in [0.25, 0.3) is 0 Å². The summed E-state index contributed by atoms with van der Waals surface area (Å²) in [5.41, 5.74) is 0.936. The van der Waals surface area contributed by atoms with E-state index in [-0.39, 0.29) is 18.4 Å². The number of halogens is 1. The number of nitrogens with zero attached hydrogens (tertiary/aromatic N) is 1. The molecule has 0 heterocycles. The molecule has 0 aromatic heterocycles. The number of benzene rings is 2. The number of para-hydroxylation sites is 1. The lowest BCUT2D eigenvalue weighted by atomic mass is 10.1. The third kappa shape index (κ3) is 7.00. The summed E-state index contributed by atoms with van der Waals surface area (Å²) < 4.78 is 6.53. The van der Waals surface area contributed by atoms with Crippen LogP contribution in [-0.4, -0.2) is 35.9 Å². The van der Waals surface area contributed by atoms with Crippen LogP contribution in [0.5, 0.6) is 5.75 Å². The summed E-state index contributed by atoms with van der Waals surface area (Å²) in [5.74, 6) is 0.551. The fourth-order valence-corrected chi connectivity index (χ4v) is 3.06. The summed E-state index contributed by atoms with van der Waals surface area (Å²) in [6.07, 6.45) is 0. The highest BCUT2D eigenvalue weighted by Gasteiger charge is 2.26. The first-order chi connectivity index (χ1) is 13.4. The highest BCUT2D eigenvalue weighted by atomic mass is 79.9. The van der Waals surface area contributed by atoms with E-state index < -0.39 is 6.04 Å². The maximum atomic E-state index is 12.9. The Morgan fingerprint density at radius 2 is 1.79 bits per heavy atom. The molecule has 1 N–H and O–H groups in total. The first-order valence-corrected chi connectivity index (χ1v) is 10.2. The molecule has 0 fully saturated rings. The Balaban J connectivity index is 2.11. The lowest BCUT2D eigenvalue weighted by Crippen LogP contribution is -2.49. The van der Waals surface area contributed by atoms with E-state index in [1.165, 1.54) is 0 Å². The van der Waals surface area contributed by atoms with Crippen LogP contribution < -0.4 is 10.1 Å². The quantitative estimate of drug-likeness (QED) is 0.632. The van der Waals surface area contributed by atoms with Crippen LogP contribution in [0, 0.1) is 5.92 Å². The van der Waals surface area contributed by atoms with Gasteiger partial charge in [0.25, 0.3) is 5.91 Å². The molecule has 0 aliphatic carbocycles. The number of nitrogens with one attached hydrogen (secondary N) is 1. The summed E-state index contributed by atoms with van der Waals surface area (Å²) >= 11 is 3.45. The number of carbonyl (C=O) groups excluding carboxylic acids is 2. The fraction of sp³-hybridized carbons (Fsp3) is 0.364. The van der Waals surface area contributed by atoms with Crippen molar-refractivity contribution in [3.8, 4) is 5.75 Å². The van der Waals surface area contributed by atoms with E-state index in [1.807, 2.05) is 56.3 Å². The monoisotopic (exact) mass is 446 g/mol. The van der Waals surface area contributed by atoms with Crippen LogP contribution in [-0.2, 0) is 16.1 Å². The number of carbonyl (C=O) groups is 2. The molecule has 0 unspecified atom stereocenters. The van der Waals surface area contributed by atoms with Crippen LogP contribution in [0.4, 0.5) is 0 Å². The summed E-state index contributed by atoms with van der Waals surface area (Å²) in [4.78, 5) is 27.0. The minimum absolute atomic E-state index is 0.125. The molecular formula is C22H27BrN2O3. The van der Waals surface area contributed by atoms with Crippen molar-refractivity contribution in [2.24, 2.45) is 5.92 Å². The summed E-state index contributed by atoms with van der Waals surface area (Å²) in [6.45, 7) is 6.58. The van der Waals surface area contributed by atoms with Crippen LogP contribution >= 0.6 is 15.9 Å². The van der Waals surface area contributed by atoms with Gasteiger partial charge in [-0.15, -0.1) is 0 Å². The molecule has 0 aliphatic rings. The molecule has 0 aliphatic heterocycles. The molecule has 0 saturated carbocycles. The van der Waals surface area contributed by atoms with E-state index in [9.17, 15) is 9.59 Å². The summed E-state index contributed by atoms with van der Waals surface area (Å²) in [7, 11) is 0. The lowest BCUT2D eigenvalue weighted by Gasteiger charge is -2.29. The second-order valence-corrected chi connectivity index (χ2v) is 7.98. The molecule has 2 amide bonds. The molecule has 2 rings (SSSR count). The molecule has 0 saturated heterocycles. The number of hydrogen-bond donors (Lipinski definition) is 1. The molecule has 2 aromatic carbocycles. The largest absolute Gasteiger partial charge is 0.484 e. The first-order valence-electron chi connectivity index (χ1n) is 9.36. The normalized spacial score (nSPS) is 11.8. The number of ether oxygens (including phenoxy) is 1. The topological polar surface area (TPSA) is 58.6 Å². The third-order valence-corrected chi connectivity index (χ3v) is 4.69. The molecule has 0 bridgehead atoms. The highest BCUT2D eigenvalue weighted by molar-refractivity contribution is 9.10. The number of hydrogen-bond acceptors (Lipinski definition) is 3. The minimum atomic E-state index is -0.607.